The van der Waals surface area contributed by atoms with Crippen LogP contribution in [0.1, 0.15) is 24.3 Å². The molecule has 0 bridgehead atoms. The van der Waals surface area contributed by atoms with Gasteiger partial charge < -0.3 is 14.6 Å². The van der Waals surface area contributed by atoms with Crippen molar-refractivity contribution in [3.8, 4) is 17.2 Å². The Kier molecular flexibility index (Phi) is 4.30. The van der Waals surface area contributed by atoms with E-state index in [9.17, 15) is 5.11 Å². The predicted molar refractivity (Wildman–Crippen MR) is 92.9 cm³/mol. The Morgan fingerprint density at radius 3 is 2.67 bits per heavy atom. The highest BCUT2D eigenvalue weighted by atomic mass is 16.6. The van der Waals surface area contributed by atoms with Gasteiger partial charge in [-0.1, -0.05) is 24.3 Å². The van der Waals surface area contributed by atoms with Crippen LogP contribution >= 0.6 is 0 Å². The van der Waals surface area contributed by atoms with Crippen molar-refractivity contribution < 1.29 is 14.6 Å². The molecule has 2 aliphatic rings. The fraction of sp³-hybridized carbons (Fsp3) is 0.400. The van der Waals surface area contributed by atoms with Crippen LogP contribution in [0.3, 0.4) is 0 Å². The first kappa shape index (κ1) is 15.3. The van der Waals surface area contributed by atoms with Crippen LogP contribution in [0, 0.1) is 0 Å². The number of nitrogens with zero attached hydrogens (tertiary/aromatic N) is 1. The number of hydrogen-bond acceptors (Lipinski definition) is 4. The lowest BCUT2D eigenvalue weighted by molar-refractivity contribution is 0.0505. The summed E-state index contributed by atoms with van der Waals surface area (Å²) in [5.41, 5.74) is 1.31. The zero-order chi connectivity index (χ0) is 16.4. The zero-order valence-corrected chi connectivity index (χ0v) is 13.7. The van der Waals surface area contributed by atoms with Gasteiger partial charge in [-0.3, -0.25) is 4.90 Å². The quantitative estimate of drug-likeness (QED) is 0.939. The SMILES string of the molecule is Oc1ccc(C2CCCN(CC3COc4ccccc4O3)C2)cc1. The molecule has 2 heterocycles. The summed E-state index contributed by atoms with van der Waals surface area (Å²) in [6, 6.07) is 15.5. The van der Waals surface area contributed by atoms with Crippen LogP contribution in [-0.4, -0.2) is 42.4 Å². The lowest BCUT2D eigenvalue weighted by Gasteiger charge is -2.36. The third-order valence-corrected chi connectivity index (χ3v) is 4.90. The normalized spacial score (nSPS) is 23.8. The third-order valence-electron chi connectivity index (χ3n) is 4.90. The average molecular weight is 325 g/mol. The number of para-hydroxylation sites is 2. The number of aromatic hydroxyl groups is 1. The number of likely N-dealkylation sites (tertiary alicyclic amines) is 1. The molecule has 24 heavy (non-hydrogen) atoms. The van der Waals surface area contributed by atoms with Crippen molar-refractivity contribution in [1.82, 2.24) is 4.90 Å². The van der Waals surface area contributed by atoms with Gasteiger partial charge >= 0.3 is 0 Å². The lowest BCUT2D eigenvalue weighted by atomic mass is 9.90. The number of phenols is 1. The zero-order valence-electron chi connectivity index (χ0n) is 13.7. The van der Waals surface area contributed by atoms with Crippen molar-refractivity contribution >= 4 is 0 Å². The largest absolute Gasteiger partial charge is 0.508 e. The summed E-state index contributed by atoms with van der Waals surface area (Å²) in [6.07, 6.45) is 2.47. The molecule has 4 rings (SSSR count). The van der Waals surface area contributed by atoms with Crippen LogP contribution in [0.15, 0.2) is 48.5 Å². The van der Waals surface area contributed by atoms with Crippen molar-refractivity contribution in [2.24, 2.45) is 0 Å². The molecule has 2 aromatic rings. The first-order chi connectivity index (χ1) is 11.8. The number of phenolic OH excluding ortho intramolecular Hbond substituents is 1. The molecule has 0 spiro atoms. The Hall–Kier alpha value is -2.20. The summed E-state index contributed by atoms with van der Waals surface area (Å²) >= 11 is 0. The van der Waals surface area contributed by atoms with E-state index in [0.717, 1.165) is 31.1 Å². The number of ether oxygens (including phenoxy) is 2. The summed E-state index contributed by atoms with van der Waals surface area (Å²) in [4.78, 5) is 2.48. The Labute approximate surface area is 142 Å². The summed E-state index contributed by atoms with van der Waals surface area (Å²) < 4.78 is 11.9. The molecular weight excluding hydrogens is 302 g/mol. The highest BCUT2D eigenvalue weighted by Gasteiger charge is 2.27. The second-order valence-corrected chi connectivity index (χ2v) is 6.69. The van der Waals surface area contributed by atoms with Crippen LogP contribution in [0.2, 0.25) is 0 Å². The van der Waals surface area contributed by atoms with E-state index in [1.807, 2.05) is 36.4 Å². The molecule has 2 aromatic carbocycles. The fourth-order valence-corrected chi connectivity index (χ4v) is 3.68. The van der Waals surface area contributed by atoms with E-state index >= 15 is 0 Å². The molecule has 1 fully saturated rings. The first-order valence-corrected chi connectivity index (χ1v) is 8.68. The van der Waals surface area contributed by atoms with E-state index in [2.05, 4.69) is 4.90 Å². The molecule has 126 valence electrons. The van der Waals surface area contributed by atoms with Crippen LogP contribution in [-0.2, 0) is 0 Å². The van der Waals surface area contributed by atoms with Crippen LogP contribution < -0.4 is 9.47 Å². The van der Waals surface area contributed by atoms with Gasteiger partial charge in [-0.15, -0.1) is 0 Å². The maximum absolute atomic E-state index is 9.46. The van der Waals surface area contributed by atoms with E-state index in [1.165, 1.54) is 18.4 Å². The van der Waals surface area contributed by atoms with E-state index in [-0.39, 0.29) is 6.10 Å². The molecule has 2 unspecified atom stereocenters. The minimum absolute atomic E-state index is 0.0819. The molecular formula is C20H23NO3. The standard InChI is InChI=1S/C20H23NO3/c22-17-9-7-15(8-10-17)16-4-3-11-21(12-16)13-18-14-23-19-5-1-2-6-20(19)24-18/h1-2,5-10,16,18,22H,3-4,11-14H2. The van der Waals surface area contributed by atoms with Crippen LogP contribution in [0.5, 0.6) is 17.2 Å². The molecule has 2 aliphatic heterocycles. The molecule has 0 aromatic heterocycles. The van der Waals surface area contributed by atoms with Gasteiger partial charge in [0.1, 0.15) is 18.5 Å². The van der Waals surface area contributed by atoms with E-state index in [0.29, 0.717) is 18.3 Å². The van der Waals surface area contributed by atoms with Crippen molar-refractivity contribution in [3.05, 3.63) is 54.1 Å². The summed E-state index contributed by atoms with van der Waals surface area (Å²) in [7, 11) is 0. The van der Waals surface area contributed by atoms with Gasteiger partial charge in [-0.2, -0.15) is 0 Å². The second kappa shape index (κ2) is 6.73. The monoisotopic (exact) mass is 325 g/mol. The van der Waals surface area contributed by atoms with Gasteiger partial charge in [-0.05, 0) is 55.1 Å². The minimum Gasteiger partial charge on any atom is -0.508 e. The van der Waals surface area contributed by atoms with Gasteiger partial charge in [-0.25, -0.2) is 0 Å². The number of rotatable bonds is 3. The Morgan fingerprint density at radius 2 is 1.83 bits per heavy atom. The molecule has 0 radical (unpaired) electrons. The second-order valence-electron chi connectivity index (χ2n) is 6.69. The number of benzene rings is 2. The summed E-state index contributed by atoms with van der Waals surface area (Å²) in [6.45, 7) is 3.64. The van der Waals surface area contributed by atoms with Gasteiger partial charge in [0, 0.05) is 13.1 Å². The summed E-state index contributed by atoms with van der Waals surface area (Å²) in [5, 5.41) is 9.46. The molecule has 4 nitrogen and oxygen atoms in total. The molecule has 2 atom stereocenters. The van der Waals surface area contributed by atoms with Gasteiger partial charge in [0.25, 0.3) is 0 Å². The summed E-state index contributed by atoms with van der Waals surface area (Å²) in [5.74, 6) is 2.55. The van der Waals surface area contributed by atoms with E-state index in [4.69, 9.17) is 9.47 Å². The van der Waals surface area contributed by atoms with Gasteiger partial charge in [0.2, 0.25) is 0 Å². The third kappa shape index (κ3) is 3.34. The Bertz CT molecular complexity index is 686. The number of hydrogen-bond donors (Lipinski definition) is 1. The number of piperidine rings is 1. The molecule has 0 aliphatic carbocycles. The van der Waals surface area contributed by atoms with E-state index < -0.39 is 0 Å². The highest BCUT2D eigenvalue weighted by Crippen LogP contribution is 2.32. The molecule has 1 N–H and O–H groups in total. The maximum atomic E-state index is 9.46. The Morgan fingerprint density at radius 1 is 1.04 bits per heavy atom. The first-order valence-electron chi connectivity index (χ1n) is 8.68. The smallest absolute Gasteiger partial charge is 0.161 e. The van der Waals surface area contributed by atoms with Crippen molar-refractivity contribution in [2.75, 3.05) is 26.2 Å². The highest BCUT2D eigenvalue weighted by molar-refractivity contribution is 5.40. The average Bonchev–Trinajstić information content (AvgIpc) is 2.62. The van der Waals surface area contributed by atoms with E-state index in [1.54, 1.807) is 12.1 Å². The van der Waals surface area contributed by atoms with Crippen LogP contribution in [0.4, 0.5) is 0 Å². The topological polar surface area (TPSA) is 41.9 Å². The van der Waals surface area contributed by atoms with Crippen molar-refractivity contribution in [2.45, 2.75) is 24.9 Å². The predicted octanol–water partition coefficient (Wildman–Crippen LogP) is 3.41. The van der Waals surface area contributed by atoms with Gasteiger partial charge in [0.15, 0.2) is 11.5 Å². The molecule has 4 heteroatoms. The molecule has 1 saturated heterocycles. The van der Waals surface area contributed by atoms with Crippen molar-refractivity contribution in [3.63, 3.8) is 0 Å². The minimum atomic E-state index is 0.0819. The maximum Gasteiger partial charge on any atom is 0.161 e. The van der Waals surface area contributed by atoms with Crippen LogP contribution in [0.25, 0.3) is 0 Å². The molecule has 0 saturated carbocycles. The van der Waals surface area contributed by atoms with Crippen molar-refractivity contribution in [1.29, 1.82) is 0 Å². The lowest BCUT2D eigenvalue weighted by Crippen LogP contribution is -2.44. The molecule has 0 amide bonds. The van der Waals surface area contributed by atoms with Gasteiger partial charge in [0.05, 0.1) is 0 Å². The fourth-order valence-electron chi connectivity index (χ4n) is 3.68. The Balaban J connectivity index is 1.38. The number of fused-ring (bicyclic) bond motifs is 1.